The summed E-state index contributed by atoms with van der Waals surface area (Å²) in [5.74, 6) is -5.09. The van der Waals surface area contributed by atoms with Gasteiger partial charge in [0.25, 0.3) is 0 Å². The number of ether oxygens (including phenoxy) is 15. The first-order valence-corrected chi connectivity index (χ1v) is 29.5. The van der Waals surface area contributed by atoms with Gasteiger partial charge in [0, 0.05) is 20.1 Å². The summed E-state index contributed by atoms with van der Waals surface area (Å²) in [4.78, 5) is 56.5. The molecule has 0 unspecified atom stereocenters. The van der Waals surface area contributed by atoms with E-state index in [0.29, 0.717) is 0 Å². The molecule has 0 aromatic heterocycles. The number of esters is 4. The Kier molecular flexibility index (Phi) is 21.5. The number of fused-ring (bicyclic) bond motifs is 3. The Morgan fingerprint density at radius 3 is 1.18 bits per heavy atom. The molecular formula is C68H72O20. The Labute approximate surface area is 510 Å². The van der Waals surface area contributed by atoms with Crippen LogP contribution >= 0.6 is 0 Å². The molecule has 0 radical (unpaired) electrons. The van der Waals surface area contributed by atoms with E-state index in [4.69, 9.17) is 71.1 Å². The fourth-order valence-electron chi connectivity index (χ4n) is 11.9. The lowest BCUT2D eigenvalue weighted by molar-refractivity contribution is -0.315. The molecule has 6 aromatic carbocycles. The average Bonchev–Trinajstić information content (AvgIpc) is 1.65. The van der Waals surface area contributed by atoms with Crippen LogP contribution in [0.3, 0.4) is 0 Å². The highest BCUT2D eigenvalue weighted by atomic mass is 16.7. The van der Waals surface area contributed by atoms with Crippen molar-refractivity contribution in [3.8, 4) is 0 Å². The molecule has 5 aliphatic heterocycles. The predicted octanol–water partition coefficient (Wildman–Crippen LogP) is 6.93. The number of aliphatic hydroxyl groups excluding tert-OH is 1. The Bertz CT molecular complexity index is 3150. The fraction of sp³-hybridized carbons (Fsp3) is 0.412. The van der Waals surface area contributed by atoms with Crippen molar-refractivity contribution >= 4 is 23.9 Å². The second-order valence-corrected chi connectivity index (χ2v) is 22.1. The van der Waals surface area contributed by atoms with Crippen molar-refractivity contribution in [2.75, 3.05) is 27.4 Å². The third-order valence-corrected chi connectivity index (χ3v) is 16.2. The molecule has 464 valence electrons. The van der Waals surface area contributed by atoms with Gasteiger partial charge in [0.2, 0.25) is 0 Å². The van der Waals surface area contributed by atoms with Gasteiger partial charge in [-0.25, -0.2) is 9.59 Å². The van der Waals surface area contributed by atoms with E-state index in [1.54, 1.807) is 0 Å². The van der Waals surface area contributed by atoms with Gasteiger partial charge in [-0.15, -0.1) is 0 Å². The standard InChI is InChI=1S/C68H72O20/c1-74-67-62(80-38-46-29-17-7-18-30-46)58(78-36-44-25-13-5-14-26-44)56(76-34-42-21-9-3-10-22-42)60(87-67)65(72)82-40-49(69)54-55-52(64(71)86-54)48-33-51(70)84-50(53(48)85-55)41-83-66(73)61-57(77-35-43-23-11-4-12-24-43)59(79-37-45-27-15-6-16-28-45)63(68(75-2)88-61)81-39-47-31-19-8-20-32-47/h3-32,48-50,52-63,67-69H,33-41H2,1-2H3/t48-,49+,50-,52-,53+,54-,55+,56+,57+,58+,59+,60+,61+,62-,63-,67+,68+/m1/s1. The summed E-state index contributed by atoms with van der Waals surface area (Å²) in [6.45, 7) is -0.571. The zero-order chi connectivity index (χ0) is 60.8. The predicted molar refractivity (Wildman–Crippen MR) is 309 cm³/mol. The summed E-state index contributed by atoms with van der Waals surface area (Å²) in [6, 6.07) is 56.8. The molecule has 88 heavy (non-hydrogen) atoms. The summed E-state index contributed by atoms with van der Waals surface area (Å²) in [6.07, 6.45) is -17.9. The van der Waals surface area contributed by atoms with Gasteiger partial charge in [0.1, 0.15) is 68.1 Å². The minimum absolute atomic E-state index is 0.0467. The van der Waals surface area contributed by atoms with Crippen LogP contribution in [0.1, 0.15) is 39.8 Å². The van der Waals surface area contributed by atoms with Crippen LogP contribution in [0.25, 0.3) is 0 Å². The minimum Gasteiger partial charge on any atom is -0.461 e. The quantitative estimate of drug-likeness (QED) is 0.0407. The van der Waals surface area contributed by atoms with Gasteiger partial charge in [-0.05, 0) is 33.4 Å². The summed E-state index contributed by atoms with van der Waals surface area (Å²) >= 11 is 0. The van der Waals surface area contributed by atoms with Crippen LogP contribution in [0.2, 0.25) is 0 Å². The number of aliphatic hydroxyl groups is 1. The topological polar surface area (TPSA) is 227 Å². The van der Waals surface area contributed by atoms with Gasteiger partial charge in [0.15, 0.2) is 37.0 Å². The highest BCUT2D eigenvalue weighted by Gasteiger charge is 2.63. The molecule has 6 aromatic rings. The maximum Gasteiger partial charge on any atom is 0.338 e. The van der Waals surface area contributed by atoms with Crippen LogP contribution in [0, 0.1) is 11.8 Å². The van der Waals surface area contributed by atoms with E-state index >= 15 is 0 Å². The molecule has 0 spiro atoms. The Hall–Kier alpha value is -7.28. The molecule has 20 nitrogen and oxygen atoms in total. The van der Waals surface area contributed by atoms with Crippen molar-refractivity contribution in [3.63, 3.8) is 0 Å². The molecule has 5 saturated heterocycles. The van der Waals surface area contributed by atoms with Gasteiger partial charge in [-0.2, -0.15) is 0 Å². The highest BCUT2D eigenvalue weighted by molar-refractivity contribution is 5.80. The number of benzene rings is 6. The van der Waals surface area contributed by atoms with E-state index in [2.05, 4.69) is 0 Å². The lowest BCUT2D eigenvalue weighted by Crippen LogP contribution is -2.63. The zero-order valence-corrected chi connectivity index (χ0v) is 48.7. The zero-order valence-electron chi connectivity index (χ0n) is 48.7. The molecule has 20 heteroatoms. The summed E-state index contributed by atoms with van der Waals surface area (Å²) in [5.41, 5.74) is 5.07. The first-order valence-electron chi connectivity index (χ1n) is 29.5. The monoisotopic (exact) mass is 1210 g/mol. The van der Waals surface area contributed by atoms with Crippen molar-refractivity contribution in [1.29, 1.82) is 0 Å². The number of rotatable bonds is 27. The molecule has 0 saturated carbocycles. The van der Waals surface area contributed by atoms with Gasteiger partial charge in [-0.1, -0.05) is 182 Å². The van der Waals surface area contributed by atoms with Crippen LogP contribution < -0.4 is 0 Å². The van der Waals surface area contributed by atoms with E-state index in [-0.39, 0.29) is 46.1 Å². The number of methoxy groups -OCH3 is 2. The molecule has 1 N–H and O–H groups in total. The number of hydrogen-bond donors (Lipinski definition) is 1. The van der Waals surface area contributed by atoms with E-state index in [1.165, 1.54) is 14.2 Å². The Balaban J connectivity index is 0.780. The molecule has 5 fully saturated rings. The van der Waals surface area contributed by atoms with Crippen LogP contribution in [0.15, 0.2) is 182 Å². The first kappa shape index (κ1) is 62.3. The average molecular weight is 1210 g/mol. The maximum atomic E-state index is 14.7. The molecule has 5 aliphatic rings. The molecule has 11 rings (SSSR count). The number of carbonyl (C=O) groups excluding carboxylic acids is 4. The van der Waals surface area contributed by atoms with E-state index < -0.39 is 141 Å². The van der Waals surface area contributed by atoms with Crippen molar-refractivity contribution in [2.24, 2.45) is 11.8 Å². The van der Waals surface area contributed by atoms with Crippen LogP contribution in [0.5, 0.6) is 0 Å². The summed E-state index contributed by atoms with van der Waals surface area (Å²) in [7, 11) is 2.85. The lowest BCUT2D eigenvalue weighted by Gasteiger charge is -2.44. The Morgan fingerprint density at radius 2 is 0.807 bits per heavy atom. The molecule has 0 bridgehead atoms. The molecule has 0 aliphatic carbocycles. The van der Waals surface area contributed by atoms with Crippen molar-refractivity contribution in [3.05, 3.63) is 215 Å². The highest BCUT2D eigenvalue weighted by Crippen LogP contribution is 2.47. The largest absolute Gasteiger partial charge is 0.461 e. The molecule has 5 heterocycles. The van der Waals surface area contributed by atoms with E-state index in [0.717, 1.165) is 33.4 Å². The van der Waals surface area contributed by atoms with Crippen molar-refractivity contribution in [2.45, 2.75) is 138 Å². The second kappa shape index (κ2) is 30.3. The number of cyclic esters (lactones) is 2. The van der Waals surface area contributed by atoms with Crippen LogP contribution in [-0.4, -0.2) is 148 Å². The Morgan fingerprint density at radius 1 is 0.455 bits per heavy atom. The van der Waals surface area contributed by atoms with Crippen LogP contribution in [0.4, 0.5) is 0 Å². The van der Waals surface area contributed by atoms with Crippen molar-refractivity contribution in [1.82, 2.24) is 0 Å². The van der Waals surface area contributed by atoms with Crippen molar-refractivity contribution < 1.29 is 95.3 Å². The van der Waals surface area contributed by atoms with Gasteiger partial charge >= 0.3 is 23.9 Å². The normalized spacial score (nSPS) is 29.4. The van der Waals surface area contributed by atoms with Crippen LogP contribution in [-0.2, 0) is 130 Å². The molecule has 17 atom stereocenters. The lowest BCUT2D eigenvalue weighted by atomic mass is 9.81. The molecular weight excluding hydrogens is 1140 g/mol. The smallest absolute Gasteiger partial charge is 0.338 e. The summed E-state index contributed by atoms with van der Waals surface area (Å²) in [5, 5.41) is 11.9. The molecule has 0 amide bonds. The third kappa shape index (κ3) is 15.2. The third-order valence-electron chi connectivity index (χ3n) is 16.2. The number of carbonyl (C=O) groups is 4. The maximum absolute atomic E-state index is 14.7. The SMILES string of the molecule is CO[C@H]1O[C@H](C(=O)OC[C@H](O)[C@H]2OC(=O)[C@@H]3[C@H]4CC(=O)O[C@H](COC(=O)[C@H]5O[C@H](OC)[C@H](OCc6ccccc6)[C@@H](OCc6ccccc6)[C@@H]5OCc5ccccc5)[C@H]4O[C@H]23)[C@@H](OCc2ccccc2)[C@H](OCc2ccccc2)[C@H]1OCc1ccccc1. The first-order chi connectivity index (χ1) is 43.1. The second-order valence-electron chi connectivity index (χ2n) is 22.1. The summed E-state index contributed by atoms with van der Waals surface area (Å²) < 4.78 is 93.9. The fourth-order valence-corrected chi connectivity index (χ4v) is 11.9. The van der Waals surface area contributed by atoms with Gasteiger partial charge in [-0.3, -0.25) is 9.59 Å². The van der Waals surface area contributed by atoms with E-state index in [1.807, 2.05) is 182 Å². The minimum atomic E-state index is -1.64. The van der Waals surface area contributed by atoms with E-state index in [9.17, 15) is 24.3 Å². The number of hydrogen-bond acceptors (Lipinski definition) is 20. The van der Waals surface area contributed by atoms with Gasteiger partial charge in [0.05, 0.1) is 52.0 Å². The van der Waals surface area contributed by atoms with Gasteiger partial charge < -0.3 is 76.2 Å².